The van der Waals surface area contributed by atoms with Crippen LogP contribution in [0.1, 0.15) is 28.4 Å². The van der Waals surface area contributed by atoms with Crippen molar-refractivity contribution in [1.29, 1.82) is 0 Å². The molecule has 2 aliphatic heterocycles. The van der Waals surface area contributed by atoms with Crippen molar-refractivity contribution in [3.63, 3.8) is 0 Å². The summed E-state index contributed by atoms with van der Waals surface area (Å²) in [6.07, 6.45) is 2.86. The van der Waals surface area contributed by atoms with Crippen molar-refractivity contribution in [2.75, 3.05) is 39.5 Å². The molecule has 2 aliphatic rings. The standard InChI is InChI=1S/C24H27N3O3/c1-2-18-4-3-5-19-20(13-25-24(18)19)21(28)15-27-10-8-26(9-11-27)14-17-6-7-22-23(12-17)30-16-29-22/h3-7,12-13,25H,2,8-11,14-16H2,1H3/p+2. The van der Waals surface area contributed by atoms with Crippen molar-refractivity contribution in [3.05, 3.63) is 59.3 Å². The molecule has 1 aromatic heterocycles. The number of aryl methyl sites for hydroxylation is 1. The third-order valence-corrected chi connectivity index (χ3v) is 6.45. The maximum atomic E-state index is 13.0. The van der Waals surface area contributed by atoms with Gasteiger partial charge in [-0.05, 0) is 30.2 Å². The monoisotopic (exact) mass is 407 g/mol. The molecule has 0 radical (unpaired) electrons. The molecule has 1 saturated heterocycles. The van der Waals surface area contributed by atoms with Crippen LogP contribution in [-0.2, 0) is 13.0 Å². The quantitative estimate of drug-likeness (QED) is 0.525. The van der Waals surface area contributed by atoms with Crippen molar-refractivity contribution in [2.24, 2.45) is 0 Å². The Morgan fingerprint density at radius 2 is 1.83 bits per heavy atom. The van der Waals surface area contributed by atoms with Crippen LogP contribution in [0.3, 0.4) is 0 Å². The van der Waals surface area contributed by atoms with Crippen molar-refractivity contribution >= 4 is 16.7 Å². The van der Waals surface area contributed by atoms with Gasteiger partial charge in [0.1, 0.15) is 39.3 Å². The number of hydrogen-bond acceptors (Lipinski definition) is 3. The highest BCUT2D eigenvalue weighted by Gasteiger charge is 2.27. The molecule has 6 nitrogen and oxygen atoms in total. The number of quaternary nitrogens is 2. The number of carbonyl (C=O) groups excluding carboxylic acids is 1. The van der Waals surface area contributed by atoms with E-state index in [0.29, 0.717) is 13.3 Å². The third kappa shape index (κ3) is 3.68. The lowest BCUT2D eigenvalue weighted by Crippen LogP contribution is -3.27. The Bertz CT molecular complexity index is 1070. The van der Waals surface area contributed by atoms with Crippen LogP contribution in [0.15, 0.2) is 42.6 Å². The summed E-state index contributed by atoms with van der Waals surface area (Å²) in [5.74, 6) is 1.93. The first-order valence-electron chi connectivity index (χ1n) is 10.9. The minimum absolute atomic E-state index is 0.240. The molecule has 0 atom stereocenters. The number of para-hydroxylation sites is 1. The molecule has 0 aliphatic carbocycles. The van der Waals surface area contributed by atoms with Crippen molar-refractivity contribution < 1.29 is 24.1 Å². The number of aromatic nitrogens is 1. The zero-order chi connectivity index (χ0) is 20.5. The minimum atomic E-state index is 0.240. The Morgan fingerprint density at radius 1 is 1.03 bits per heavy atom. The maximum absolute atomic E-state index is 13.0. The van der Waals surface area contributed by atoms with Gasteiger partial charge in [-0.3, -0.25) is 4.79 Å². The largest absolute Gasteiger partial charge is 0.454 e. The smallest absolute Gasteiger partial charge is 0.231 e. The summed E-state index contributed by atoms with van der Waals surface area (Å²) >= 11 is 0. The predicted octanol–water partition coefficient (Wildman–Crippen LogP) is 0.625. The first kappa shape index (κ1) is 19.2. The summed E-state index contributed by atoms with van der Waals surface area (Å²) in [7, 11) is 0. The molecule has 0 unspecified atom stereocenters. The van der Waals surface area contributed by atoms with E-state index in [4.69, 9.17) is 9.47 Å². The summed E-state index contributed by atoms with van der Waals surface area (Å²) in [5.41, 5.74) is 4.48. The highest BCUT2D eigenvalue weighted by atomic mass is 16.7. The van der Waals surface area contributed by atoms with E-state index in [1.54, 1.807) is 4.90 Å². The van der Waals surface area contributed by atoms with E-state index in [0.717, 1.165) is 67.1 Å². The lowest BCUT2D eigenvalue weighted by atomic mass is 10.0. The molecule has 3 heterocycles. The molecule has 3 N–H and O–H groups in total. The Labute approximate surface area is 176 Å². The Morgan fingerprint density at radius 3 is 2.67 bits per heavy atom. The zero-order valence-electron chi connectivity index (χ0n) is 17.4. The van der Waals surface area contributed by atoms with E-state index in [1.807, 2.05) is 12.3 Å². The van der Waals surface area contributed by atoms with Crippen LogP contribution in [0.4, 0.5) is 0 Å². The number of H-pyrrole nitrogens is 1. The number of benzene rings is 2. The zero-order valence-corrected chi connectivity index (χ0v) is 17.4. The number of ketones is 1. The minimum Gasteiger partial charge on any atom is -0.454 e. The average molecular weight is 408 g/mol. The molecule has 6 heteroatoms. The van der Waals surface area contributed by atoms with E-state index in [1.165, 1.54) is 16.0 Å². The second kappa shape index (κ2) is 8.13. The average Bonchev–Trinajstić information content (AvgIpc) is 3.41. The van der Waals surface area contributed by atoms with Gasteiger partial charge in [0.2, 0.25) is 12.6 Å². The third-order valence-electron chi connectivity index (χ3n) is 6.45. The van der Waals surface area contributed by atoms with Gasteiger partial charge >= 0.3 is 0 Å². The fourth-order valence-corrected chi connectivity index (χ4v) is 4.71. The number of hydrogen-bond donors (Lipinski definition) is 3. The van der Waals surface area contributed by atoms with Gasteiger partial charge in [-0.25, -0.2) is 0 Å². The molecule has 1 fully saturated rings. The second-order valence-electron chi connectivity index (χ2n) is 8.36. The summed E-state index contributed by atoms with van der Waals surface area (Å²) in [5, 5.41) is 1.06. The van der Waals surface area contributed by atoms with Crippen LogP contribution in [0.5, 0.6) is 11.5 Å². The number of carbonyl (C=O) groups is 1. The Balaban J connectivity index is 1.18. The van der Waals surface area contributed by atoms with E-state index in [9.17, 15) is 4.79 Å². The van der Waals surface area contributed by atoms with Crippen molar-refractivity contribution in [2.45, 2.75) is 19.9 Å². The van der Waals surface area contributed by atoms with E-state index in [2.05, 4.69) is 42.2 Å². The van der Waals surface area contributed by atoms with Crippen LogP contribution in [0.25, 0.3) is 10.9 Å². The highest BCUT2D eigenvalue weighted by molar-refractivity contribution is 6.08. The van der Waals surface area contributed by atoms with Gasteiger partial charge in [0.25, 0.3) is 0 Å². The molecule has 5 rings (SSSR count). The number of nitrogens with one attached hydrogen (secondary N) is 3. The summed E-state index contributed by atoms with van der Waals surface area (Å²) in [6.45, 7) is 8.21. The predicted molar refractivity (Wildman–Crippen MR) is 115 cm³/mol. The summed E-state index contributed by atoms with van der Waals surface area (Å²) < 4.78 is 10.9. The van der Waals surface area contributed by atoms with Crippen LogP contribution >= 0.6 is 0 Å². The van der Waals surface area contributed by atoms with Gasteiger partial charge in [-0.2, -0.15) is 0 Å². The molecular formula is C24H29N3O3+2. The molecule has 156 valence electrons. The number of Topliss-reactive ketones (excluding diaryl/α,β-unsaturated/α-hetero) is 1. The number of aromatic amines is 1. The van der Waals surface area contributed by atoms with Gasteiger partial charge in [0.05, 0.1) is 0 Å². The number of piperazine rings is 1. The normalized spacial score (nSPS) is 20.6. The first-order valence-corrected chi connectivity index (χ1v) is 10.9. The topological polar surface area (TPSA) is 60.2 Å². The van der Waals surface area contributed by atoms with Gasteiger partial charge in [-0.1, -0.05) is 25.1 Å². The summed E-state index contributed by atoms with van der Waals surface area (Å²) in [4.78, 5) is 19.3. The first-order chi connectivity index (χ1) is 14.7. The SMILES string of the molecule is CCc1cccc2c(C(=O)C[NH+]3CC[NH+](Cc4ccc5c(c4)OCO5)CC3)c[nH]c12. The fraction of sp³-hybridized carbons (Fsp3) is 0.375. The van der Waals surface area contributed by atoms with Gasteiger partial charge in [0.15, 0.2) is 11.5 Å². The lowest BCUT2D eigenvalue weighted by molar-refractivity contribution is -1.01. The number of fused-ring (bicyclic) bond motifs is 2. The van der Waals surface area contributed by atoms with Crippen LogP contribution in [-0.4, -0.2) is 50.3 Å². The maximum Gasteiger partial charge on any atom is 0.231 e. The van der Waals surface area contributed by atoms with Crippen LogP contribution < -0.4 is 19.3 Å². The number of ether oxygens (including phenoxy) is 2. The van der Waals surface area contributed by atoms with Crippen LogP contribution in [0, 0.1) is 0 Å². The van der Waals surface area contributed by atoms with Crippen LogP contribution in [0.2, 0.25) is 0 Å². The molecule has 30 heavy (non-hydrogen) atoms. The van der Waals surface area contributed by atoms with E-state index < -0.39 is 0 Å². The second-order valence-corrected chi connectivity index (χ2v) is 8.36. The van der Waals surface area contributed by atoms with Gasteiger partial charge in [-0.15, -0.1) is 0 Å². The molecule has 2 aromatic carbocycles. The highest BCUT2D eigenvalue weighted by Crippen LogP contribution is 2.32. The van der Waals surface area contributed by atoms with Crippen molar-refractivity contribution in [1.82, 2.24) is 4.98 Å². The molecule has 0 spiro atoms. The Kier molecular flexibility index (Phi) is 5.19. The molecule has 0 amide bonds. The fourth-order valence-electron chi connectivity index (χ4n) is 4.71. The molecule has 0 saturated carbocycles. The van der Waals surface area contributed by atoms with Gasteiger partial charge < -0.3 is 24.3 Å². The molecule has 0 bridgehead atoms. The van der Waals surface area contributed by atoms with E-state index in [-0.39, 0.29) is 5.78 Å². The molecular weight excluding hydrogens is 378 g/mol. The lowest BCUT2D eigenvalue weighted by Gasteiger charge is -2.29. The Hall–Kier alpha value is -2.83. The number of rotatable bonds is 6. The van der Waals surface area contributed by atoms with E-state index >= 15 is 0 Å². The van der Waals surface area contributed by atoms with Crippen molar-refractivity contribution in [3.8, 4) is 11.5 Å². The van der Waals surface area contributed by atoms with Gasteiger partial charge in [0, 0.05) is 28.2 Å². The summed E-state index contributed by atoms with van der Waals surface area (Å²) in [6, 6.07) is 12.5. The molecule has 3 aromatic rings.